The van der Waals surface area contributed by atoms with Crippen LogP contribution < -0.4 is 10.5 Å². The van der Waals surface area contributed by atoms with Gasteiger partial charge in [-0.15, -0.1) is 0 Å². The second-order valence-electron chi connectivity index (χ2n) is 4.64. The molecule has 0 amide bonds. The molecule has 1 aromatic rings. The topological polar surface area (TPSA) is 61.5 Å². The van der Waals surface area contributed by atoms with E-state index in [9.17, 15) is 4.79 Å². The molecule has 4 heteroatoms. The zero-order valence-corrected chi connectivity index (χ0v) is 11.2. The monoisotopic (exact) mass is 251 g/mol. The molecular weight excluding hydrogens is 230 g/mol. The molecule has 1 aromatic carbocycles. The van der Waals surface area contributed by atoms with Gasteiger partial charge in [0.25, 0.3) is 0 Å². The summed E-state index contributed by atoms with van der Waals surface area (Å²) in [6.45, 7) is 4.97. The van der Waals surface area contributed by atoms with Gasteiger partial charge < -0.3 is 15.2 Å². The van der Waals surface area contributed by atoms with Gasteiger partial charge in [-0.05, 0) is 30.5 Å². The zero-order chi connectivity index (χ0) is 13.5. The van der Waals surface area contributed by atoms with Gasteiger partial charge >= 0.3 is 0 Å². The highest BCUT2D eigenvalue weighted by molar-refractivity contribution is 5.98. The Hall–Kier alpha value is -1.55. The molecule has 18 heavy (non-hydrogen) atoms. The number of rotatable bonds is 7. The summed E-state index contributed by atoms with van der Waals surface area (Å²) in [6, 6.07) is 5.08. The maximum atomic E-state index is 11.6. The van der Waals surface area contributed by atoms with Gasteiger partial charge in [-0.3, -0.25) is 4.79 Å². The van der Waals surface area contributed by atoms with Crippen LogP contribution in [0.2, 0.25) is 0 Å². The molecule has 0 heterocycles. The number of nitrogen functional groups attached to an aromatic ring is 1. The summed E-state index contributed by atoms with van der Waals surface area (Å²) >= 11 is 0. The summed E-state index contributed by atoms with van der Waals surface area (Å²) in [6.07, 6.45) is 0.976. The molecule has 0 spiro atoms. The summed E-state index contributed by atoms with van der Waals surface area (Å²) in [5.74, 6) is 1.14. The van der Waals surface area contributed by atoms with Crippen LogP contribution >= 0.6 is 0 Å². The molecule has 0 fully saturated rings. The second kappa shape index (κ2) is 7.01. The lowest BCUT2D eigenvalue weighted by Crippen LogP contribution is -2.08. The standard InChI is InChI=1S/C14H21NO3/c1-10(2)6-7-18-14-5-4-11(8-12(14)15)13(16)9-17-3/h4-5,8,10H,6-7,9,15H2,1-3H3. The third kappa shape index (κ3) is 4.37. The van der Waals surface area contributed by atoms with E-state index < -0.39 is 0 Å². The lowest BCUT2D eigenvalue weighted by molar-refractivity contribution is 0.0848. The number of anilines is 1. The summed E-state index contributed by atoms with van der Waals surface area (Å²) in [5, 5.41) is 0. The number of ketones is 1. The molecule has 1 rings (SSSR count). The number of hydrogen-bond donors (Lipinski definition) is 1. The van der Waals surface area contributed by atoms with E-state index in [-0.39, 0.29) is 12.4 Å². The van der Waals surface area contributed by atoms with E-state index in [1.165, 1.54) is 7.11 Å². The Morgan fingerprint density at radius 3 is 2.67 bits per heavy atom. The number of nitrogens with two attached hydrogens (primary N) is 1. The number of ether oxygens (including phenoxy) is 2. The van der Waals surface area contributed by atoms with Gasteiger partial charge in [0.1, 0.15) is 12.4 Å². The molecule has 0 atom stereocenters. The number of carbonyl (C=O) groups is 1. The molecule has 4 nitrogen and oxygen atoms in total. The molecule has 0 unspecified atom stereocenters. The van der Waals surface area contributed by atoms with E-state index in [1.807, 2.05) is 0 Å². The first kappa shape index (κ1) is 14.5. The normalized spacial score (nSPS) is 10.7. The fourth-order valence-electron chi connectivity index (χ4n) is 1.47. The van der Waals surface area contributed by atoms with E-state index in [0.29, 0.717) is 29.5 Å². The molecule has 0 saturated carbocycles. The second-order valence-corrected chi connectivity index (χ2v) is 4.64. The Balaban J connectivity index is 2.65. The summed E-state index contributed by atoms with van der Waals surface area (Å²) in [7, 11) is 1.49. The lowest BCUT2D eigenvalue weighted by atomic mass is 10.1. The third-order valence-corrected chi connectivity index (χ3v) is 2.56. The van der Waals surface area contributed by atoms with Crippen LogP contribution in [-0.2, 0) is 4.74 Å². The van der Waals surface area contributed by atoms with Crippen LogP contribution in [0.25, 0.3) is 0 Å². The van der Waals surface area contributed by atoms with Crippen molar-refractivity contribution in [1.82, 2.24) is 0 Å². The molecule has 0 aromatic heterocycles. The van der Waals surface area contributed by atoms with Crippen molar-refractivity contribution < 1.29 is 14.3 Å². The molecule has 0 bridgehead atoms. The zero-order valence-electron chi connectivity index (χ0n) is 11.2. The predicted molar refractivity (Wildman–Crippen MR) is 72.0 cm³/mol. The lowest BCUT2D eigenvalue weighted by Gasteiger charge is -2.11. The third-order valence-electron chi connectivity index (χ3n) is 2.56. The molecular formula is C14H21NO3. The average Bonchev–Trinajstić information content (AvgIpc) is 2.31. The summed E-state index contributed by atoms with van der Waals surface area (Å²) < 4.78 is 10.4. The van der Waals surface area contributed by atoms with Gasteiger partial charge in [0.2, 0.25) is 0 Å². The highest BCUT2D eigenvalue weighted by Crippen LogP contribution is 2.23. The molecule has 0 aliphatic carbocycles. The van der Waals surface area contributed by atoms with Gasteiger partial charge in [-0.25, -0.2) is 0 Å². The number of methoxy groups -OCH3 is 1. The minimum absolute atomic E-state index is 0.0625. The maximum Gasteiger partial charge on any atom is 0.188 e. The van der Waals surface area contributed by atoms with E-state index in [1.54, 1.807) is 18.2 Å². The van der Waals surface area contributed by atoms with Gasteiger partial charge in [0.05, 0.1) is 12.3 Å². The van der Waals surface area contributed by atoms with Crippen molar-refractivity contribution in [3.05, 3.63) is 23.8 Å². The SMILES string of the molecule is COCC(=O)c1ccc(OCCC(C)C)c(N)c1. The summed E-state index contributed by atoms with van der Waals surface area (Å²) in [5.41, 5.74) is 6.89. The van der Waals surface area contributed by atoms with Crippen LogP contribution in [0.5, 0.6) is 5.75 Å². The Kier molecular flexibility index (Phi) is 5.65. The minimum Gasteiger partial charge on any atom is -0.491 e. The first-order chi connectivity index (χ1) is 8.54. The fourth-order valence-corrected chi connectivity index (χ4v) is 1.47. The van der Waals surface area contributed by atoms with Crippen molar-refractivity contribution in [3.8, 4) is 5.75 Å². The van der Waals surface area contributed by atoms with Gasteiger partial charge in [0, 0.05) is 12.7 Å². The fraction of sp³-hybridized carbons (Fsp3) is 0.500. The molecule has 0 aliphatic heterocycles. The van der Waals surface area contributed by atoms with Gasteiger partial charge in [-0.2, -0.15) is 0 Å². The van der Waals surface area contributed by atoms with Crippen molar-refractivity contribution >= 4 is 11.5 Å². The Morgan fingerprint density at radius 1 is 1.39 bits per heavy atom. The first-order valence-corrected chi connectivity index (χ1v) is 6.09. The number of Topliss-reactive ketones (excluding diaryl/α,β-unsaturated/α-hetero) is 1. The van der Waals surface area contributed by atoms with E-state index in [2.05, 4.69) is 13.8 Å². The quantitative estimate of drug-likeness (QED) is 0.597. The van der Waals surface area contributed by atoms with Crippen LogP contribution in [0.15, 0.2) is 18.2 Å². The van der Waals surface area contributed by atoms with E-state index in [0.717, 1.165) is 6.42 Å². The number of hydrogen-bond acceptors (Lipinski definition) is 4. The maximum absolute atomic E-state index is 11.6. The molecule has 100 valence electrons. The van der Waals surface area contributed by atoms with Gasteiger partial charge in [-0.1, -0.05) is 13.8 Å². The van der Waals surface area contributed by atoms with Gasteiger partial charge in [0.15, 0.2) is 5.78 Å². The summed E-state index contributed by atoms with van der Waals surface area (Å²) in [4.78, 5) is 11.6. The largest absolute Gasteiger partial charge is 0.491 e. The van der Waals surface area contributed by atoms with Crippen LogP contribution in [-0.4, -0.2) is 26.1 Å². The number of benzene rings is 1. The Morgan fingerprint density at radius 2 is 2.11 bits per heavy atom. The van der Waals surface area contributed by atoms with Crippen LogP contribution in [0, 0.1) is 5.92 Å². The smallest absolute Gasteiger partial charge is 0.188 e. The van der Waals surface area contributed by atoms with Crippen molar-refractivity contribution in [2.75, 3.05) is 26.1 Å². The Labute approximate surface area is 108 Å². The van der Waals surface area contributed by atoms with E-state index in [4.69, 9.17) is 15.2 Å². The average molecular weight is 251 g/mol. The minimum atomic E-state index is -0.0852. The Bertz CT molecular complexity index is 402. The van der Waals surface area contributed by atoms with Crippen molar-refractivity contribution in [2.45, 2.75) is 20.3 Å². The molecule has 0 radical (unpaired) electrons. The van der Waals surface area contributed by atoms with Crippen molar-refractivity contribution in [2.24, 2.45) is 5.92 Å². The number of carbonyl (C=O) groups excluding carboxylic acids is 1. The molecule has 0 aliphatic rings. The van der Waals surface area contributed by atoms with Crippen molar-refractivity contribution in [3.63, 3.8) is 0 Å². The molecule has 2 N–H and O–H groups in total. The predicted octanol–water partition coefficient (Wildman–Crippen LogP) is 2.52. The highest BCUT2D eigenvalue weighted by Gasteiger charge is 2.08. The van der Waals surface area contributed by atoms with Crippen LogP contribution in [0.4, 0.5) is 5.69 Å². The molecule has 0 saturated heterocycles. The van der Waals surface area contributed by atoms with Crippen LogP contribution in [0.3, 0.4) is 0 Å². The van der Waals surface area contributed by atoms with Crippen LogP contribution in [0.1, 0.15) is 30.6 Å². The highest BCUT2D eigenvalue weighted by atomic mass is 16.5. The van der Waals surface area contributed by atoms with Crippen molar-refractivity contribution in [1.29, 1.82) is 0 Å². The first-order valence-electron chi connectivity index (χ1n) is 6.09. The van der Waals surface area contributed by atoms with E-state index >= 15 is 0 Å².